The van der Waals surface area contributed by atoms with Gasteiger partial charge in [0.05, 0.1) is 7.02 Å². The van der Waals surface area contributed by atoms with Gasteiger partial charge in [-0.15, -0.1) is 10.2 Å². The molecule has 0 saturated carbocycles. The van der Waals surface area contributed by atoms with Crippen LogP contribution in [0.5, 0.6) is 0 Å². The van der Waals surface area contributed by atoms with E-state index in [0.717, 1.165) is 5.56 Å². The van der Waals surface area contributed by atoms with Crippen LogP contribution < -0.4 is 0 Å². The van der Waals surface area contributed by atoms with Crippen LogP contribution in [0.1, 0.15) is 1.37 Å². The fourth-order valence-electron chi connectivity index (χ4n) is 0.946. The van der Waals surface area contributed by atoms with Crippen LogP contribution in [0, 0.1) is 0 Å². The lowest BCUT2D eigenvalue weighted by molar-refractivity contribution is 0.630. The standard InChI is InChI=1S/C8H8N4/c1-12-10-8(9-11-12)7-5-3-2-4-6-7/h2-6H,1H3/i1D. The zero-order valence-electron chi connectivity index (χ0n) is 7.38. The molecule has 0 aliphatic heterocycles. The number of aromatic nitrogens is 4. The van der Waals surface area contributed by atoms with Gasteiger partial charge in [0.25, 0.3) is 0 Å². The number of rotatable bonds is 1. The van der Waals surface area contributed by atoms with E-state index in [1.165, 1.54) is 4.80 Å². The van der Waals surface area contributed by atoms with Gasteiger partial charge in [0.1, 0.15) is 0 Å². The fraction of sp³-hybridized carbons (Fsp3) is 0.125. The van der Waals surface area contributed by atoms with Gasteiger partial charge in [-0.2, -0.15) is 4.80 Å². The van der Waals surface area contributed by atoms with Crippen LogP contribution >= 0.6 is 0 Å². The maximum Gasteiger partial charge on any atom is 0.204 e. The summed E-state index contributed by atoms with van der Waals surface area (Å²) in [5, 5.41) is 11.5. The quantitative estimate of drug-likeness (QED) is 0.623. The van der Waals surface area contributed by atoms with Gasteiger partial charge in [0.2, 0.25) is 5.82 Å². The van der Waals surface area contributed by atoms with Crippen molar-refractivity contribution in [2.45, 2.75) is 0 Å². The Balaban J connectivity index is 2.36. The molecular formula is C8H8N4. The molecule has 0 amide bonds. The summed E-state index contributed by atoms with van der Waals surface area (Å²) in [7, 11) is -0.000165. The van der Waals surface area contributed by atoms with E-state index < -0.39 is 0 Å². The molecule has 0 saturated heterocycles. The van der Waals surface area contributed by atoms with Crippen molar-refractivity contribution in [2.24, 2.45) is 7.02 Å². The van der Waals surface area contributed by atoms with Crippen molar-refractivity contribution in [2.75, 3.05) is 0 Å². The first-order chi connectivity index (χ1) is 6.40. The Labute approximate surface area is 71.2 Å². The first-order valence-electron chi connectivity index (χ1n) is 4.23. The number of aryl methyl sites for hydroxylation is 1. The minimum Gasteiger partial charge on any atom is -0.167 e. The summed E-state index contributed by atoms with van der Waals surface area (Å²) in [6.07, 6.45) is 0. The van der Waals surface area contributed by atoms with E-state index in [2.05, 4.69) is 15.4 Å². The minimum absolute atomic E-state index is 0.000165. The number of tetrazole rings is 1. The second-order valence-electron chi connectivity index (χ2n) is 2.35. The lowest BCUT2D eigenvalue weighted by Gasteiger charge is -1.90. The number of hydrogen-bond acceptors (Lipinski definition) is 3. The Kier molecular flexibility index (Phi) is 1.34. The topological polar surface area (TPSA) is 43.6 Å². The lowest BCUT2D eigenvalue weighted by Crippen LogP contribution is -1.91. The molecule has 60 valence electrons. The van der Waals surface area contributed by atoms with Crippen LogP contribution in [-0.4, -0.2) is 20.2 Å². The highest BCUT2D eigenvalue weighted by Gasteiger charge is 2.01. The van der Waals surface area contributed by atoms with Gasteiger partial charge in [-0.3, -0.25) is 0 Å². The first-order valence-corrected chi connectivity index (χ1v) is 3.52. The molecule has 2 aromatic rings. The van der Waals surface area contributed by atoms with Crippen LogP contribution in [0.15, 0.2) is 30.3 Å². The van der Waals surface area contributed by atoms with E-state index in [4.69, 9.17) is 1.37 Å². The highest BCUT2D eigenvalue weighted by molar-refractivity contribution is 5.52. The van der Waals surface area contributed by atoms with Crippen molar-refractivity contribution in [3.8, 4) is 11.4 Å². The van der Waals surface area contributed by atoms with E-state index in [-0.39, 0.29) is 7.02 Å². The van der Waals surface area contributed by atoms with Gasteiger partial charge < -0.3 is 0 Å². The van der Waals surface area contributed by atoms with Gasteiger partial charge in [-0.25, -0.2) is 0 Å². The molecule has 0 unspecified atom stereocenters. The van der Waals surface area contributed by atoms with E-state index in [9.17, 15) is 0 Å². The third-order valence-electron chi connectivity index (χ3n) is 1.48. The Hall–Kier alpha value is -1.71. The van der Waals surface area contributed by atoms with Crippen LogP contribution in [0.3, 0.4) is 0 Å². The predicted molar refractivity (Wildman–Crippen MR) is 44.2 cm³/mol. The molecule has 0 spiro atoms. The van der Waals surface area contributed by atoms with Crippen molar-refractivity contribution in [3.63, 3.8) is 0 Å². The zero-order valence-corrected chi connectivity index (χ0v) is 6.38. The summed E-state index contributed by atoms with van der Waals surface area (Å²) < 4.78 is 7.02. The van der Waals surface area contributed by atoms with E-state index in [1.807, 2.05) is 30.3 Å². The highest BCUT2D eigenvalue weighted by Crippen LogP contribution is 2.10. The predicted octanol–water partition coefficient (Wildman–Crippen LogP) is 0.877. The fourth-order valence-corrected chi connectivity index (χ4v) is 0.946. The number of hydrogen-bond donors (Lipinski definition) is 0. The highest BCUT2D eigenvalue weighted by atomic mass is 15.6. The largest absolute Gasteiger partial charge is 0.204 e. The minimum atomic E-state index is -0.000165. The molecule has 1 aromatic heterocycles. The van der Waals surface area contributed by atoms with Crippen LogP contribution in [-0.2, 0) is 7.02 Å². The third kappa shape index (κ3) is 1.18. The average Bonchev–Trinajstić information content (AvgIpc) is 2.67. The second kappa shape index (κ2) is 2.73. The Morgan fingerprint density at radius 1 is 1.33 bits per heavy atom. The number of nitrogens with zero attached hydrogens (tertiary/aromatic N) is 4. The van der Waals surface area contributed by atoms with E-state index in [0.29, 0.717) is 5.82 Å². The van der Waals surface area contributed by atoms with Crippen LogP contribution in [0.2, 0.25) is 0 Å². The van der Waals surface area contributed by atoms with Gasteiger partial charge >= 0.3 is 0 Å². The van der Waals surface area contributed by atoms with Crippen molar-refractivity contribution >= 4 is 0 Å². The molecular weight excluding hydrogens is 152 g/mol. The summed E-state index contributed by atoms with van der Waals surface area (Å²) in [5.74, 6) is 0.563. The molecule has 0 aliphatic carbocycles. The molecule has 0 radical (unpaired) electrons. The average molecular weight is 161 g/mol. The molecule has 0 bridgehead atoms. The van der Waals surface area contributed by atoms with Crippen LogP contribution in [0.25, 0.3) is 11.4 Å². The van der Waals surface area contributed by atoms with Gasteiger partial charge in [0, 0.05) is 6.93 Å². The summed E-state index contributed by atoms with van der Waals surface area (Å²) in [6, 6.07) is 9.57. The molecule has 0 N–H and O–H groups in total. The summed E-state index contributed by atoms with van der Waals surface area (Å²) in [6.45, 7) is 0. The molecule has 12 heavy (non-hydrogen) atoms. The molecule has 0 aliphatic rings. The Morgan fingerprint density at radius 3 is 2.83 bits per heavy atom. The van der Waals surface area contributed by atoms with Crippen molar-refractivity contribution < 1.29 is 1.37 Å². The van der Waals surface area contributed by atoms with Crippen molar-refractivity contribution in [1.29, 1.82) is 0 Å². The van der Waals surface area contributed by atoms with Crippen LogP contribution in [0.4, 0.5) is 0 Å². The Morgan fingerprint density at radius 2 is 2.17 bits per heavy atom. The monoisotopic (exact) mass is 161 g/mol. The van der Waals surface area contributed by atoms with Gasteiger partial charge in [0.15, 0.2) is 0 Å². The molecule has 4 nitrogen and oxygen atoms in total. The van der Waals surface area contributed by atoms with E-state index >= 15 is 0 Å². The van der Waals surface area contributed by atoms with Crippen molar-refractivity contribution in [3.05, 3.63) is 30.3 Å². The molecule has 0 fully saturated rings. The third-order valence-corrected chi connectivity index (χ3v) is 1.48. The molecule has 4 heteroatoms. The summed E-state index contributed by atoms with van der Waals surface area (Å²) >= 11 is 0. The number of benzene rings is 1. The normalized spacial score (nSPS) is 11.2. The van der Waals surface area contributed by atoms with Crippen molar-refractivity contribution in [1.82, 2.24) is 20.2 Å². The van der Waals surface area contributed by atoms with Gasteiger partial charge in [-0.1, -0.05) is 30.3 Å². The molecule has 0 atom stereocenters. The van der Waals surface area contributed by atoms with Gasteiger partial charge in [-0.05, 0) is 5.21 Å². The SMILES string of the molecule is [2H]Cn1nnc(-c2ccccc2)n1. The summed E-state index contributed by atoms with van der Waals surface area (Å²) in [4.78, 5) is 1.24. The smallest absolute Gasteiger partial charge is 0.167 e. The lowest BCUT2D eigenvalue weighted by atomic mass is 10.2. The molecule has 2 rings (SSSR count). The summed E-state index contributed by atoms with van der Waals surface area (Å²) in [5.41, 5.74) is 0.919. The van der Waals surface area contributed by atoms with E-state index in [1.54, 1.807) is 0 Å². The Bertz CT molecular complexity index is 384. The first kappa shape index (κ1) is 5.88. The maximum absolute atomic E-state index is 7.02. The maximum atomic E-state index is 7.02. The second-order valence-corrected chi connectivity index (χ2v) is 2.35. The molecule has 1 heterocycles. The molecule has 1 aromatic carbocycles. The zero-order chi connectivity index (χ0) is 9.10.